The second-order valence-corrected chi connectivity index (χ2v) is 7.16. The Morgan fingerprint density at radius 3 is 2.88 bits per heavy atom. The Morgan fingerprint density at radius 1 is 1.40 bits per heavy atom. The van der Waals surface area contributed by atoms with Crippen molar-refractivity contribution in [3.8, 4) is 0 Å². The van der Waals surface area contributed by atoms with Gasteiger partial charge in [0.25, 0.3) is 0 Å². The molecule has 0 bridgehead atoms. The van der Waals surface area contributed by atoms with Gasteiger partial charge in [0.2, 0.25) is 5.91 Å². The minimum Gasteiger partial charge on any atom is -0.408 e. The summed E-state index contributed by atoms with van der Waals surface area (Å²) in [7, 11) is 0. The Balaban J connectivity index is 1.53. The summed E-state index contributed by atoms with van der Waals surface area (Å²) in [5, 5.41) is 3.62. The first-order chi connectivity index (χ1) is 12.1. The molecular formula is C18H25ClN3O3+. The lowest BCUT2D eigenvalue weighted by molar-refractivity contribution is -0.905. The third-order valence-corrected chi connectivity index (χ3v) is 5.09. The summed E-state index contributed by atoms with van der Waals surface area (Å²) < 4.78 is 6.67. The van der Waals surface area contributed by atoms with Gasteiger partial charge in [0.1, 0.15) is 0 Å². The average molecular weight is 367 g/mol. The number of hydrogen-bond donors (Lipinski definition) is 2. The number of benzene rings is 1. The van der Waals surface area contributed by atoms with Gasteiger partial charge in [-0.25, -0.2) is 4.79 Å². The molecule has 3 rings (SSSR count). The van der Waals surface area contributed by atoms with Crippen molar-refractivity contribution in [3.63, 3.8) is 0 Å². The molecule has 0 spiro atoms. The van der Waals surface area contributed by atoms with Crippen LogP contribution in [0.1, 0.15) is 32.6 Å². The van der Waals surface area contributed by atoms with Gasteiger partial charge in [-0.2, -0.15) is 0 Å². The molecule has 0 aliphatic carbocycles. The number of quaternary nitrogens is 1. The highest BCUT2D eigenvalue weighted by Gasteiger charge is 2.22. The van der Waals surface area contributed by atoms with E-state index in [9.17, 15) is 9.59 Å². The van der Waals surface area contributed by atoms with Gasteiger partial charge in [-0.05, 0) is 18.6 Å². The van der Waals surface area contributed by atoms with E-state index in [4.69, 9.17) is 16.0 Å². The molecule has 7 heteroatoms. The number of aromatic nitrogens is 1. The Kier molecular flexibility index (Phi) is 5.81. The van der Waals surface area contributed by atoms with E-state index in [2.05, 4.69) is 12.2 Å². The predicted octanol–water partition coefficient (Wildman–Crippen LogP) is 1.21. The zero-order valence-electron chi connectivity index (χ0n) is 14.5. The first-order valence-corrected chi connectivity index (χ1v) is 9.36. The highest BCUT2D eigenvalue weighted by atomic mass is 35.5. The van der Waals surface area contributed by atoms with E-state index in [0.29, 0.717) is 22.7 Å². The lowest BCUT2D eigenvalue weighted by Crippen LogP contribution is -3.13. The molecule has 1 aromatic heterocycles. The quantitative estimate of drug-likeness (QED) is 0.807. The number of likely N-dealkylation sites (tertiary alicyclic amines) is 1. The van der Waals surface area contributed by atoms with E-state index in [0.717, 1.165) is 25.9 Å². The van der Waals surface area contributed by atoms with Gasteiger partial charge in [-0.15, -0.1) is 0 Å². The molecule has 1 amide bonds. The van der Waals surface area contributed by atoms with Crippen LogP contribution in [0.25, 0.3) is 11.1 Å². The normalized spacial score (nSPS) is 20.7. The zero-order chi connectivity index (χ0) is 17.8. The van der Waals surface area contributed by atoms with Crippen LogP contribution in [0.4, 0.5) is 0 Å². The Hall–Kier alpha value is -1.79. The highest BCUT2D eigenvalue weighted by molar-refractivity contribution is 6.31. The molecule has 0 atom stereocenters. The van der Waals surface area contributed by atoms with Crippen molar-refractivity contribution >= 4 is 28.6 Å². The molecule has 2 N–H and O–H groups in total. The molecule has 0 unspecified atom stereocenters. The monoisotopic (exact) mass is 366 g/mol. The lowest BCUT2D eigenvalue weighted by atomic mass is 10.0. The van der Waals surface area contributed by atoms with Crippen LogP contribution in [0, 0.1) is 0 Å². The fourth-order valence-electron chi connectivity index (χ4n) is 3.54. The van der Waals surface area contributed by atoms with Gasteiger partial charge in [0.15, 0.2) is 5.58 Å². The molecule has 6 nitrogen and oxygen atoms in total. The van der Waals surface area contributed by atoms with Gasteiger partial charge in [0.05, 0.1) is 25.2 Å². The Bertz CT molecular complexity index is 790. The highest BCUT2D eigenvalue weighted by Crippen LogP contribution is 2.18. The fourth-order valence-corrected chi connectivity index (χ4v) is 3.70. The summed E-state index contributed by atoms with van der Waals surface area (Å²) in [4.78, 5) is 25.8. The van der Waals surface area contributed by atoms with Crippen LogP contribution in [0.3, 0.4) is 0 Å². The standard InChI is InChI=1S/C18H24ClN3O3/c1-2-8-21-9-5-14(6-10-21)20-17(23)7-11-22-15-4-3-13(19)12-16(15)25-18(22)24/h3-4,12,14H,2,5-11H2,1H3,(H,20,23)/p+1. The Morgan fingerprint density at radius 2 is 2.16 bits per heavy atom. The number of fused-ring (bicyclic) bond motifs is 1. The number of carbonyl (C=O) groups excluding carboxylic acids is 1. The number of oxazole rings is 1. The molecule has 1 aromatic carbocycles. The molecule has 1 aliphatic rings. The van der Waals surface area contributed by atoms with Crippen LogP contribution in [0.15, 0.2) is 27.4 Å². The number of nitrogens with zero attached hydrogens (tertiary/aromatic N) is 1. The van der Waals surface area contributed by atoms with Crippen molar-refractivity contribution in [3.05, 3.63) is 33.8 Å². The van der Waals surface area contributed by atoms with Crippen LogP contribution < -0.4 is 16.0 Å². The number of aryl methyl sites for hydroxylation is 1. The second kappa shape index (κ2) is 8.06. The van der Waals surface area contributed by atoms with Crippen LogP contribution in [0.5, 0.6) is 0 Å². The van der Waals surface area contributed by atoms with Crippen molar-refractivity contribution in [2.45, 2.75) is 45.2 Å². The predicted molar refractivity (Wildman–Crippen MR) is 97.1 cm³/mol. The molecule has 136 valence electrons. The van der Waals surface area contributed by atoms with Crippen molar-refractivity contribution in [1.82, 2.24) is 9.88 Å². The number of hydrogen-bond acceptors (Lipinski definition) is 3. The number of nitrogens with one attached hydrogen (secondary N) is 2. The van der Waals surface area contributed by atoms with E-state index >= 15 is 0 Å². The van der Waals surface area contributed by atoms with E-state index in [1.54, 1.807) is 23.1 Å². The maximum atomic E-state index is 12.2. The van der Waals surface area contributed by atoms with E-state index < -0.39 is 5.76 Å². The molecule has 1 saturated heterocycles. The molecule has 2 aromatic rings. The SMILES string of the molecule is CCC[NH+]1CCC(NC(=O)CCn2c(=O)oc3cc(Cl)ccc32)CC1. The van der Waals surface area contributed by atoms with Gasteiger partial charge in [-0.1, -0.05) is 18.5 Å². The third-order valence-electron chi connectivity index (χ3n) is 4.85. The summed E-state index contributed by atoms with van der Waals surface area (Å²) in [6.07, 6.45) is 3.51. The number of amides is 1. The summed E-state index contributed by atoms with van der Waals surface area (Å²) in [6, 6.07) is 5.32. The molecule has 2 heterocycles. The number of rotatable bonds is 6. The van der Waals surface area contributed by atoms with Crippen molar-refractivity contribution in [2.24, 2.45) is 0 Å². The van der Waals surface area contributed by atoms with Crippen molar-refractivity contribution in [1.29, 1.82) is 0 Å². The first-order valence-electron chi connectivity index (χ1n) is 8.98. The molecule has 1 fully saturated rings. The van der Waals surface area contributed by atoms with Crippen LogP contribution in [0.2, 0.25) is 5.02 Å². The van der Waals surface area contributed by atoms with Gasteiger partial charge in [0, 0.05) is 42.9 Å². The molecular weight excluding hydrogens is 342 g/mol. The Labute approximate surface area is 151 Å². The minimum atomic E-state index is -0.457. The second-order valence-electron chi connectivity index (χ2n) is 6.72. The fraction of sp³-hybridized carbons (Fsp3) is 0.556. The minimum absolute atomic E-state index is 0.0147. The van der Waals surface area contributed by atoms with E-state index in [-0.39, 0.29) is 18.4 Å². The summed E-state index contributed by atoms with van der Waals surface area (Å²) in [6.45, 7) is 5.95. The lowest BCUT2D eigenvalue weighted by Gasteiger charge is -2.29. The largest absolute Gasteiger partial charge is 0.419 e. The topological polar surface area (TPSA) is 68.7 Å². The third kappa shape index (κ3) is 4.44. The van der Waals surface area contributed by atoms with Gasteiger partial charge in [-0.3, -0.25) is 9.36 Å². The maximum Gasteiger partial charge on any atom is 0.419 e. The summed E-state index contributed by atoms with van der Waals surface area (Å²) in [5.74, 6) is -0.472. The molecule has 1 aliphatic heterocycles. The molecule has 0 saturated carbocycles. The van der Waals surface area contributed by atoms with E-state index in [1.165, 1.54) is 17.5 Å². The molecule has 0 radical (unpaired) electrons. The van der Waals surface area contributed by atoms with Gasteiger partial charge >= 0.3 is 5.76 Å². The molecule has 25 heavy (non-hydrogen) atoms. The number of carbonyl (C=O) groups is 1. The summed E-state index contributed by atoms with van der Waals surface area (Å²) >= 11 is 5.91. The zero-order valence-corrected chi connectivity index (χ0v) is 15.3. The van der Waals surface area contributed by atoms with Crippen LogP contribution in [-0.4, -0.2) is 36.2 Å². The van der Waals surface area contributed by atoms with Gasteiger partial charge < -0.3 is 14.6 Å². The first kappa shape index (κ1) is 18.0. The number of piperidine rings is 1. The van der Waals surface area contributed by atoms with Crippen molar-refractivity contribution < 1.29 is 14.1 Å². The summed E-state index contributed by atoms with van der Waals surface area (Å²) in [5.41, 5.74) is 1.11. The number of halogens is 1. The van der Waals surface area contributed by atoms with E-state index in [1.807, 2.05) is 0 Å². The van der Waals surface area contributed by atoms with Crippen molar-refractivity contribution in [2.75, 3.05) is 19.6 Å². The smallest absolute Gasteiger partial charge is 0.408 e. The average Bonchev–Trinajstić information content (AvgIpc) is 2.89. The van der Waals surface area contributed by atoms with Crippen LogP contribution in [-0.2, 0) is 11.3 Å². The maximum absolute atomic E-state index is 12.2. The van der Waals surface area contributed by atoms with Crippen LogP contribution >= 0.6 is 11.6 Å².